The van der Waals surface area contributed by atoms with E-state index in [4.69, 9.17) is 26.2 Å². The Bertz CT molecular complexity index is 1390. The monoisotopic (exact) mass is 648 g/mol. The van der Waals surface area contributed by atoms with Crippen molar-refractivity contribution in [2.24, 2.45) is 4.99 Å². The lowest BCUT2D eigenvalue weighted by atomic mass is 10.1. The van der Waals surface area contributed by atoms with Crippen LogP contribution < -0.4 is 9.47 Å². The van der Waals surface area contributed by atoms with E-state index in [1.54, 1.807) is 25.3 Å². The van der Waals surface area contributed by atoms with Crippen LogP contribution in [0, 0.1) is 3.57 Å². The van der Waals surface area contributed by atoms with Crippen LogP contribution in [0.15, 0.2) is 70.6 Å². The summed E-state index contributed by atoms with van der Waals surface area (Å²) >= 11 is 9.42. The van der Waals surface area contributed by atoms with E-state index in [0.29, 0.717) is 45.5 Å². The summed E-state index contributed by atoms with van der Waals surface area (Å²) in [5.41, 5.74) is 2.51. The highest BCUT2D eigenvalue weighted by molar-refractivity contribution is 14.1. The molecule has 3 aromatic carbocycles. The summed E-state index contributed by atoms with van der Waals surface area (Å²) < 4.78 is 12.8. The van der Waals surface area contributed by atoms with E-state index in [1.165, 1.54) is 28.8 Å². The zero-order valence-corrected chi connectivity index (χ0v) is 23.6. The van der Waals surface area contributed by atoms with Crippen molar-refractivity contribution < 1.29 is 24.2 Å². The average Bonchev–Trinajstić information content (AvgIpc) is 3.12. The fourth-order valence-corrected chi connectivity index (χ4v) is 5.30. The predicted molar refractivity (Wildman–Crippen MR) is 155 cm³/mol. The van der Waals surface area contributed by atoms with Crippen molar-refractivity contribution in [3.63, 3.8) is 0 Å². The van der Waals surface area contributed by atoms with Gasteiger partial charge in [-0.25, -0.2) is 9.79 Å². The molecule has 1 N–H and O–H groups in total. The molecule has 0 aliphatic carbocycles. The lowest BCUT2D eigenvalue weighted by Gasteiger charge is -2.15. The van der Waals surface area contributed by atoms with Crippen molar-refractivity contribution in [2.75, 3.05) is 13.7 Å². The molecule has 7 nitrogen and oxygen atoms in total. The summed E-state index contributed by atoms with van der Waals surface area (Å²) in [6, 6.07) is 17.4. The Balaban J connectivity index is 1.57. The van der Waals surface area contributed by atoms with E-state index < -0.39 is 5.97 Å². The van der Waals surface area contributed by atoms with Gasteiger partial charge in [0.2, 0.25) is 0 Å². The number of thioether (sulfide) groups is 1. The van der Waals surface area contributed by atoms with Crippen LogP contribution in [0.3, 0.4) is 0 Å². The molecular weight excluding hydrogens is 627 g/mol. The molecule has 0 atom stereocenters. The van der Waals surface area contributed by atoms with Gasteiger partial charge in [-0.05, 0) is 107 Å². The standard InChI is InChI=1S/C27H22ClIN2O5S/c1-3-35-22-13-17(12-21(29)24(22)36-15-16-4-8-19(28)9-5-16)14-23-25(32)31(2)27(37-23)30-20-10-6-18(7-11-20)26(33)34/h4-14H,3,15H2,1-2H3,(H,33,34). The van der Waals surface area contributed by atoms with Gasteiger partial charge >= 0.3 is 5.97 Å². The van der Waals surface area contributed by atoms with Gasteiger partial charge in [-0.1, -0.05) is 23.7 Å². The predicted octanol–water partition coefficient (Wildman–Crippen LogP) is 6.85. The summed E-state index contributed by atoms with van der Waals surface area (Å²) in [6.45, 7) is 2.72. The normalized spacial score (nSPS) is 15.5. The topological polar surface area (TPSA) is 88.4 Å². The minimum Gasteiger partial charge on any atom is -0.490 e. The molecule has 0 spiro atoms. The van der Waals surface area contributed by atoms with Gasteiger partial charge < -0.3 is 14.6 Å². The molecule has 0 radical (unpaired) electrons. The lowest BCUT2D eigenvalue weighted by molar-refractivity contribution is -0.121. The quantitative estimate of drug-likeness (QED) is 0.212. The maximum atomic E-state index is 12.9. The second-order valence-electron chi connectivity index (χ2n) is 7.90. The van der Waals surface area contributed by atoms with E-state index >= 15 is 0 Å². The lowest BCUT2D eigenvalue weighted by Crippen LogP contribution is -2.23. The molecule has 1 aliphatic rings. The highest BCUT2D eigenvalue weighted by Crippen LogP contribution is 2.38. The van der Waals surface area contributed by atoms with Crippen molar-refractivity contribution in [2.45, 2.75) is 13.5 Å². The number of nitrogens with zero attached hydrogens (tertiary/aromatic N) is 2. The third-order valence-corrected chi connectivity index (χ3v) is 7.38. The molecule has 37 heavy (non-hydrogen) atoms. The van der Waals surface area contributed by atoms with Crippen LogP contribution in [0.25, 0.3) is 6.08 Å². The van der Waals surface area contributed by atoms with Gasteiger partial charge in [0.25, 0.3) is 5.91 Å². The Hall–Kier alpha value is -3.02. The highest BCUT2D eigenvalue weighted by Gasteiger charge is 2.30. The summed E-state index contributed by atoms with van der Waals surface area (Å²) in [6.07, 6.45) is 1.80. The van der Waals surface area contributed by atoms with Crippen molar-refractivity contribution >= 4 is 74.8 Å². The molecule has 0 bridgehead atoms. The largest absolute Gasteiger partial charge is 0.490 e. The van der Waals surface area contributed by atoms with Gasteiger partial charge in [0.05, 0.1) is 26.3 Å². The number of rotatable bonds is 8. The molecule has 1 aliphatic heterocycles. The number of amidine groups is 1. The van der Waals surface area contributed by atoms with Crippen LogP contribution in [-0.4, -0.2) is 40.7 Å². The number of hydrogen-bond donors (Lipinski definition) is 1. The number of carbonyl (C=O) groups is 2. The summed E-state index contributed by atoms with van der Waals surface area (Å²) in [4.78, 5) is 30.5. The van der Waals surface area contributed by atoms with Gasteiger partial charge in [0, 0.05) is 12.1 Å². The Morgan fingerprint density at radius 3 is 2.49 bits per heavy atom. The van der Waals surface area contributed by atoms with Crippen molar-refractivity contribution in [1.82, 2.24) is 4.90 Å². The van der Waals surface area contributed by atoms with E-state index in [0.717, 1.165) is 14.7 Å². The van der Waals surface area contributed by atoms with Crippen LogP contribution in [0.2, 0.25) is 5.02 Å². The molecule has 1 heterocycles. The molecule has 190 valence electrons. The highest BCUT2D eigenvalue weighted by atomic mass is 127. The van der Waals surface area contributed by atoms with Crippen LogP contribution in [0.5, 0.6) is 11.5 Å². The third-order valence-electron chi connectivity index (χ3n) is 5.27. The van der Waals surface area contributed by atoms with Crippen LogP contribution in [-0.2, 0) is 11.4 Å². The van der Waals surface area contributed by atoms with Gasteiger partial charge in [-0.15, -0.1) is 0 Å². The van der Waals surface area contributed by atoms with E-state index in [-0.39, 0.29) is 11.5 Å². The third kappa shape index (κ3) is 6.65. The smallest absolute Gasteiger partial charge is 0.335 e. The fourth-order valence-electron chi connectivity index (χ4n) is 3.40. The molecule has 10 heteroatoms. The minimum atomic E-state index is -1.01. The molecule has 4 rings (SSSR count). The van der Waals surface area contributed by atoms with Crippen LogP contribution in [0.4, 0.5) is 5.69 Å². The number of halogens is 2. The van der Waals surface area contributed by atoms with Gasteiger partial charge in [-0.2, -0.15) is 0 Å². The SMILES string of the molecule is CCOc1cc(C=C2SC(=Nc3ccc(C(=O)O)cc3)N(C)C2=O)cc(I)c1OCc1ccc(Cl)cc1. The summed E-state index contributed by atoms with van der Waals surface area (Å²) in [5, 5.41) is 10.2. The first-order chi connectivity index (χ1) is 17.7. The van der Waals surface area contributed by atoms with Gasteiger partial charge in [-0.3, -0.25) is 9.69 Å². The first kappa shape index (κ1) is 27.0. The number of carbonyl (C=O) groups excluding carboxylic acids is 1. The van der Waals surface area contributed by atoms with Crippen molar-refractivity contribution in [3.8, 4) is 11.5 Å². The maximum absolute atomic E-state index is 12.9. The molecule has 1 fully saturated rings. The molecule has 0 unspecified atom stereocenters. The number of likely N-dealkylation sites (N-methyl/N-ethyl adjacent to an activating group) is 1. The number of aromatic carboxylic acids is 1. The van der Waals surface area contributed by atoms with Crippen LogP contribution >= 0.6 is 46.0 Å². The van der Waals surface area contributed by atoms with E-state index in [1.807, 2.05) is 43.3 Å². The van der Waals surface area contributed by atoms with E-state index in [9.17, 15) is 9.59 Å². The van der Waals surface area contributed by atoms with Crippen molar-refractivity contribution in [1.29, 1.82) is 0 Å². The molecule has 0 aromatic heterocycles. The molecule has 0 saturated carbocycles. The van der Waals surface area contributed by atoms with Crippen LogP contribution in [0.1, 0.15) is 28.4 Å². The molecule has 1 amide bonds. The summed E-state index contributed by atoms with van der Waals surface area (Å²) in [5.74, 6) is 0.0388. The Morgan fingerprint density at radius 1 is 1.14 bits per heavy atom. The fraction of sp³-hybridized carbons (Fsp3) is 0.148. The van der Waals surface area contributed by atoms with Crippen molar-refractivity contribution in [3.05, 3.63) is 90.9 Å². The second-order valence-corrected chi connectivity index (χ2v) is 10.5. The Kier molecular flexibility index (Phi) is 8.78. The Morgan fingerprint density at radius 2 is 1.84 bits per heavy atom. The molecular formula is C27H22ClIN2O5S. The van der Waals surface area contributed by atoms with Gasteiger partial charge in [0.15, 0.2) is 16.7 Å². The number of benzene rings is 3. The maximum Gasteiger partial charge on any atom is 0.335 e. The molecule has 3 aromatic rings. The molecule has 1 saturated heterocycles. The number of aliphatic imine (C=N–C) groups is 1. The first-order valence-electron chi connectivity index (χ1n) is 11.2. The first-order valence-corrected chi connectivity index (χ1v) is 13.5. The zero-order chi connectivity index (χ0) is 26.5. The number of hydrogen-bond acceptors (Lipinski definition) is 6. The number of amides is 1. The average molecular weight is 649 g/mol. The number of carboxylic acid groups (broad SMARTS) is 1. The second kappa shape index (κ2) is 12.0. The number of carboxylic acids is 1. The van der Waals surface area contributed by atoms with E-state index in [2.05, 4.69) is 27.6 Å². The minimum absolute atomic E-state index is 0.174. The summed E-state index contributed by atoms with van der Waals surface area (Å²) in [7, 11) is 1.66. The van der Waals surface area contributed by atoms with Gasteiger partial charge in [0.1, 0.15) is 6.61 Å². The Labute approximate surface area is 237 Å². The zero-order valence-electron chi connectivity index (χ0n) is 19.9. The number of ether oxygens (including phenoxy) is 2.